The number of nitrogens with zero attached hydrogens (tertiary/aromatic N) is 1. The maximum atomic E-state index is 8.63. The van der Waals surface area contributed by atoms with Gasteiger partial charge in [-0.25, -0.2) is 0 Å². The largest absolute Gasteiger partial charge is 0.313 e. The van der Waals surface area contributed by atoms with Gasteiger partial charge in [-0.1, -0.05) is 39.0 Å². The summed E-state index contributed by atoms with van der Waals surface area (Å²) in [5, 5.41) is 12.0. The van der Waals surface area contributed by atoms with E-state index in [9.17, 15) is 0 Å². The molecule has 2 nitrogen and oxygen atoms in total. The zero-order valence-corrected chi connectivity index (χ0v) is 10.6. The molecule has 0 aromatic carbocycles. The van der Waals surface area contributed by atoms with Gasteiger partial charge in [-0.3, -0.25) is 0 Å². The fourth-order valence-corrected chi connectivity index (χ4v) is 1.58. The van der Waals surface area contributed by atoms with Gasteiger partial charge in [0.05, 0.1) is 12.0 Å². The SMILES string of the molecule is CCCCCCCC(C)NCC(C)C#N. The molecule has 0 aromatic heterocycles. The van der Waals surface area contributed by atoms with Gasteiger partial charge in [0.2, 0.25) is 0 Å². The lowest BCUT2D eigenvalue weighted by Crippen LogP contribution is -2.29. The number of hydrogen-bond acceptors (Lipinski definition) is 2. The summed E-state index contributed by atoms with van der Waals surface area (Å²) >= 11 is 0. The van der Waals surface area contributed by atoms with Crippen molar-refractivity contribution in [2.45, 2.75) is 65.3 Å². The molecule has 0 heterocycles. The van der Waals surface area contributed by atoms with Crippen molar-refractivity contribution >= 4 is 0 Å². The molecule has 15 heavy (non-hydrogen) atoms. The maximum Gasteiger partial charge on any atom is 0.0666 e. The smallest absolute Gasteiger partial charge is 0.0666 e. The van der Waals surface area contributed by atoms with Gasteiger partial charge in [-0.2, -0.15) is 5.26 Å². The number of hydrogen-bond donors (Lipinski definition) is 1. The Morgan fingerprint density at radius 1 is 1.13 bits per heavy atom. The average Bonchev–Trinajstić information content (AvgIpc) is 2.25. The van der Waals surface area contributed by atoms with E-state index in [2.05, 4.69) is 25.2 Å². The van der Waals surface area contributed by atoms with Crippen molar-refractivity contribution in [3.05, 3.63) is 0 Å². The van der Waals surface area contributed by atoms with Crippen LogP contribution in [0, 0.1) is 17.2 Å². The van der Waals surface area contributed by atoms with Crippen LogP contribution in [0.15, 0.2) is 0 Å². The Bertz CT molecular complexity index is 172. The van der Waals surface area contributed by atoms with Crippen molar-refractivity contribution in [1.82, 2.24) is 5.32 Å². The predicted octanol–water partition coefficient (Wildman–Crippen LogP) is 3.48. The molecule has 2 unspecified atom stereocenters. The summed E-state index contributed by atoms with van der Waals surface area (Å²) in [6.07, 6.45) is 7.96. The number of nitriles is 1. The summed E-state index contributed by atoms with van der Waals surface area (Å²) in [6.45, 7) is 7.24. The zero-order valence-electron chi connectivity index (χ0n) is 10.6. The van der Waals surface area contributed by atoms with Crippen molar-refractivity contribution in [3.8, 4) is 6.07 Å². The summed E-state index contributed by atoms with van der Waals surface area (Å²) in [6, 6.07) is 2.80. The number of rotatable bonds is 9. The number of nitrogens with one attached hydrogen (secondary N) is 1. The Morgan fingerprint density at radius 2 is 1.80 bits per heavy atom. The molecule has 0 aliphatic heterocycles. The molecule has 0 aliphatic rings. The van der Waals surface area contributed by atoms with Crippen LogP contribution in [0.4, 0.5) is 0 Å². The molecule has 0 saturated carbocycles. The molecule has 0 aromatic rings. The normalized spacial score (nSPS) is 14.5. The van der Waals surface area contributed by atoms with Gasteiger partial charge in [0, 0.05) is 12.6 Å². The highest BCUT2D eigenvalue weighted by Crippen LogP contribution is 2.07. The standard InChI is InChI=1S/C13H26N2/c1-4-5-6-7-8-9-13(3)15-11-12(2)10-14/h12-13,15H,4-9,11H2,1-3H3. The van der Waals surface area contributed by atoms with E-state index in [1.54, 1.807) is 0 Å². The topological polar surface area (TPSA) is 35.8 Å². The molecule has 0 spiro atoms. The molecule has 1 N–H and O–H groups in total. The lowest BCUT2D eigenvalue weighted by Gasteiger charge is -2.14. The van der Waals surface area contributed by atoms with Gasteiger partial charge in [-0.05, 0) is 20.3 Å². The van der Waals surface area contributed by atoms with E-state index in [4.69, 9.17) is 5.26 Å². The molecule has 0 radical (unpaired) electrons. The van der Waals surface area contributed by atoms with Crippen molar-refractivity contribution in [3.63, 3.8) is 0 Å². The number of unbranched alkanes of at least 4 members (excludes halogenated alkanes) is 4. The molecule has 88 valence electrons. The molecule has 0 bridgehead atoms. The minimum absolute atomic E-state index is 0.132. The Morgan fingerprint density at radius 3 is 2.40 bits per heavy atom. The van der Waals surface area contributed by atoms with Crippen molar-refractivity contribution in [2.75, 3.05) is 6.54 Å². The van der Waals surface area contributed by atoms with Crippen LogP contribution >= 0.6 is 0 Å². The van der Waals surface area contributed by atoms with Gasteiger partial charge in [0.25, 0.3) is 0 Å². The van der Waals surface area contributed by atoms with Gasteiger partial charge >= 0.3 is 0 Å². The fourth-order valence-electron chi connectivity index (χ4n) is 1.58. The van der Waals surface area contributed by atoms with Gasteiger partial charge in [0.1, 0.15) is 0 Å². The van der Waals surface area contributed by atoms with E-state index in [-0.39, 0.29) is 5.92 Å². The maximum absolute atomic E-state index is 8.63. The third-order valence-corrected chi connectivity index (χ3v) is 2.73. The first kappa shape index (κ1) is 14.5. The van der Waals surface area contributed by atoms with Gasteiger partial charge < -0.3 is 5.32 Å². The second-order valence-electron chi connectivity index (χ2n) is 4.54. The van der Waals surface area contributed by atoms with Crippen LogP contribution in [0.1, 0.15) is 59.3 Å². The van der Waals surface area contributed by atoms with Crippen molar-refractivity contribution in [2.24, 2.45) is 5.92 Å². The van der Waals surface area contributed by atoms with E-state index >= 15 is 0 Å². The van der Waals surface area contributed by atoms with Crippen LogP contribution in [0.3, 0.4) is 0 Å². The van der Waals surface area contributed by atoms with Crippen LogP contribution in [-0.4, -0.2) is 12.6 Å². The lowest BCUT2D eigenvalue weighted by molar-refractivity contribution is 0.461. The quantitative estimate of drug-likeness (QED) is 0.591. The minimum Gasteiger partial charge on any atom is -0.313 e. The Balaban J connectivity index is 3.26. The monoisotopic (exact) mass is 210 g/mol. The first-order chi connectivity index (χ1) is 7.20. The minimum atomic E-state index is 0.132. The van der Waals surface area contributed by atoms with E-state index in [0.29, 0.717) is 6.04 Å². The molecule has 0 saturated heterocycles. The Hall–Kier alpha value is -0.550. The van der Waals surface area contributed by atoms with Crippen LogP contribution in [0.25, 0.3) is 0 Å². The van der Waals surface area contributed by atoms with Gasteiger partial charge in [0.15, 0.2) is 0 Å². The third-order valence-electron chi connectivity index (χ3n) is 2.73. The highest BCUT2D eigenvalue weighted by Gasteiger charge is 2.03. The second-order valence-corrected chi connectivity index (χ2v) is 4.54. The Labute approximate surface area is 95.1 Å². The lowest BCUT2D eigenvalue weighted by atomic mass is 10.1. The highest BCUT2D eigenvalue weighted by atomic mass is 14.9. The summed E-state index contributed by atoms with van der Waals surface area (Å²) < 4.78 is 0. The zero-order chi connectivity index (χ0) is 11.5. The Kier molecular flexibility index (Phi) is 9.62. The van der Waals surface area contributed by atoms with Crippen LogP contribution in [-0.2, 0) is 0 Å². The van der Waals surface area contributed by atoms with Crippen molar-refractivity contribution < 1.29 is 0 Å². The van der Waals surface area contributed by atoms with Crippen LogP contribution < -0.4 is 5.32 Å². The van der Waals surface area contributed by atoms with E-state index < -0.39 is 0 Å². The molecule has 0 rings (SSSR count). The summed E-state index contributed by atoms with van der Waals surface area (Å²) in [7, 11) is 0. The molecule has 2 heteroatoms. The molecule has 2 atom stereocenters. The van der Waals surface area contributed by atoms with Crippen molar-refractivity contribution in [1.29, 1.82) is 5.26 Å². The molecule has 0 amide bonds. The first-order valence-electron chi connectivity index (χ1n) is 6.33. The second kappa shape index (κ2) is 9.98. The fraction of sp³-hybridized carbons (Fsp3) is 0.923. The molecular weight excluding hydrogens is 184 g/mol. The summed E-state index contributed by atoms with van der Waals surface area (Å²) in [4.78, 5) is 0. The molecule has 0 aliphatic carbocycles. The van der Waals surface area contributed by atoms with Crippen LogP contribution in [0.2, 0.25) is 0 Å². The van der Waals surface area contributed by atoms with Gasteiger partial charge in [-0.15, -0.1) is 0 Å². The average molecular weight is 210 g/mol. The van der Waals surface area contributed by atoms with E-state index in [0.717, 1.165) is 6.54 Å². The first-order valence-corrected chi connectivity index (χ1v) is 6.33. The van der Waals surface area contributed by atoms with Crippen LogP contribution in [0.5, 0.6) is 0 Å². The predicted molar refractivity (Wildman–Crippen MR) is 65.6 cm³/mol. The summed E-state index contributed by atoms with van der Waals surface area (Å²) in [5.74, 6) is 0.132. The molecule has 0 fully saturated rings. The summed E-state index contributed by atoms with van der Waals surface area (Å²) in [5.41, 5.74) is 0. The highest BCUT2D eigenvalue weighted by molar-refractivity contribution is 4.81. The molecular formula is C13H26N2. The van der Waals surface area contributed by atoms with E-state index in [1.165, 1.54) is 38.5 Å². The third kappa shape index (κ3) is 9.75. The van der Waals surface area contributed by atoms with E-state index in [1.807, 2.05) is 6.92 Å².